The molecule has 1 aliphatic rings. The molecule has 76 valence electrons. The standard InChI is InChI=1S/C10H23BN2/c1-6-11-12(9(2)3)7-8-13(11)10(4)5/h9-10H,6-8H2,1-5H3. The van der Waals surface area contributed by atoms with Gasteiger partial charge in [-0.05, 0) is 18.4 Å². The largest absolute Gasteiger partial charge is 0.325 e. The first kappa shape index (κ1) is 11.1. The van der Waals surface area contributed by atoms with Crippen molar-refractivity contribution in [3.8, 4) is 0 Å². The number of hydrogen-bond acceptors (Lipinski definition) is 2. The second-order valence-electron chi connectivity index (χ2n) is 4.55. The highest BCUT2D eigenvalue weighted by Gasteiger charge is 2.36. The molecule has 1 aliphatic heterocycles. The van der Waals surface area contributed by atoms with Crippen LogP contribution in [-0.2, 0) is 0 Å². The topological polar surface area (TPSA) is 6.48 Å². The lowest BCUT2D eigenvalue weighted by Gasteiger charge is -2.30. The summed E-state index contributed by atoms with van der Waals surface area (Å²) in [6.07, 6.45) is 1.25. The second-order valence-corrected chi connectivity index (χ2v) is 4.55. The van der Waals surface area contributed by atoms with E-state index < -0.39 is 0 Å². The Hall–Kier alpha value is -0.0151. The average molecular weight is 182 g/mol. The minimum absolute atomic E-state index is 0.681. The van der Waals surface area contributed by atoms with Crippen LogP contribution in [0.15, 0.2) is 0 Å². The predicted octanol–water partition coefficient (Wildman–Crippen LogP) is 1.93. The van der Waals surface area contributed by atoms with E-state index in [1.165, 1.54) is 19.4 Å². The van der Waals surface area contributed by atoms with Crippen molar-refractivity contribution >= 4 is 6.98 Å². The molecule has 0 aromatic carbocycles. The lowest BCUT2D eigenvalue weighted by molar-refractivity contribution is 0.390. The van der Waals surface area contributed by atoms with E-state index in [-0.39, 0.29) is 0 Å². The summed E-state index contributed by atoms with van der Waals surface area (Å²) in [6, 6.07) is 1.38. The zero-order valence-electron chi connectivity index (χ0n) is 9.75. The molecule has 0 amide bonds. The van der Waals surface area contributed by atoms with Crippen molar-refractivity contribution in [2.45, 2.75) is 53.0 Å². The average Bonchev–Trinajstić information content (AvgIpc) is 2.46. The van der Waals surface area contributed by atoms with E-state index in [0.29, 0.717) is 19.1 Å². The van der Waals surface area contributed by atoms with Crippen molar-refractivity contribution in [2.24, 2.45) is 0 Å². The SMILES string of the molecule is CCB1N(C(C)C)CCN1C(C)C. The number of hydrogen-bond donors (Lipinski definition) is 0. The fraction of sp³-hybridized carbons (Fsp3) is 1.00. The molecule has 1 fully saturated rings. The zero-order valence-corrected chi connectivity index (χ0v) is 9.75. The van der Waals surface area contributed by atoms with Gasteiger partial charge >= 0.3 is 6.98 Å². The van der Waals surface area contributed by atoms with E-state index in [9.17, 15) is 0 Å². The van der Waals surface area contributed by atoms with Gasteiger partial charge in [0, 0.05) is 13.1 Å². The van der Waals surface area contributed by atoms with Crippen LogP contribution < -0.4 is 0 Å². The van der Waals surface area contributed by atoms with Crippen molar-refractivity contribution in [1.29, 1.82) is 0 Å². The van der Waals surface area contributed by atoms with Gasteiger partial charge in [0.25, 0.3) is 0 Å². The highest BCUT2D eigenvalue weighted by molar-refractivity contribution is 6.53. The quantitative estimate of drug-likeness (QED) is 0.615. The Kier molecular flexibility index (Phi) is 3.80. The van der Waals surface area contributed by atoms with Gasteiger partial charge in [0.05, 0.1) is 0 Å². The molecule has 3 heteroatoms. The Morgan fingerprint density at radius 2 is 1.38 bits per heavy atom. The van der Waals surface area contributed by atoms with Crippen LogP contribution in [0.25, 0.3) is 0 Å². The summed E-state index contributed by atoms with van der Waals surface area (Å²) in [5.41, 5.74) is 0. The van der Waals surface area contributed by atoms with E-state index in [4.69, 9.17) is 0 Å². The Balaban J connectivity index is 2.63. The summed E-state index contributed by atoms with van der Waals surface area (Å²) < 4.78 is 0. The van der Waals surface area contributed by atoms with E-state index >= 15 is 0 Å². The zero-order chi connectivity index (χ0) is 10.0. The minimum Gasteiger partial charge on any atom is -0.325 e. The molecule has 0 aromatic rings. The smallest absolute Gasteiger partial charge is 0.311 e. The summed E-state index contributed by atoms with van der Waals surface area (Å²) in [7, 11) is 0. The third-order valence-corrected chi connectivity index (χ3v) is 3.07. The van der Waals surface area contributed by atoms with Crippen LogP contribution in [0.3, 0.4) is 0 Å². The maximum Gasteiger partial charge on any atom is 0.311 e. The summed E-state index contributed by atoms with van der Waals surface area (Å²) >= 11 is 0. The molecule has 0 aromatic heterocycles. The van der Waals surface area contributed by atoms with Crippen molar-refractivity contribution in [1.82, 2.24) is 9.62 Å². The van der Waals surface area contributed by atoms with Gasteiger partial charge in [0.15, 0.2) is 0 Å². The van der Waals surface area contributed by atoms with Crippen LogP contribution in [0, 0.1) is 0 Å². The van der Waals surface area contributed by atoms with Crippen LogP contribution in [0.4, 0.5) is 0 Å². The maximum absolute atomic E-state index is 2.61. The van der Waals surface area contributed by atoms with Crippen LogP contribution in [0.1, 0.15) is 34.6 Å². The monoisotopic (exact) mass is 182 g/mol. The Morgan fingerprint density at radius 1 is 1.00 bits per heavy atom. The van der Waals surface area contributed by atoms with Gasteiger partial charge in [-0.3, -0.25) is 0 Å². The lowest BCUT2D eigenvalue weighted by atomic mass is 9.69. The fourth-order valence-electron chi connectivity index (χ4n) is 2.39. The molecule has 0 spiro atoms. The molecule has 13 heavy (non-hydrogen) atoms. The molecule has 0 N–H and O–H groups in total. The summed E-state index contributed by atoms with van der Waals surface area (Å²) in [5, 5.41) is 0. The molecule has 0 atom stereocenters. The summed E-state index contributed by atoms with van der Waals surface area (Å²) in [5.74, 6) is 0. The number of rotatable bonds is 3. The van der Waals surface area contributed by atoms with Crippen molar-refractivity contribution < 1.29 is 0 Å². The highest BCUT2D eigenvalue weighted by Crippen LogP contribution is 2.19. The molecule has 0 radical (unpaired) electrons. The maximum atomic E-state index is 2.61. The van der Waals surface area contributed by atoms with Gasteiger partial charge in [-0.1, -0.05) is 34.6 Å². The molecular weight excluding hydrogens is 159 g/mol. The molecular formula is C10H23BN2. The molecule has 1 heterocycles. The van der Waals surface area contributed by atoms with E-state index in [1.807, 2.05) is 0 Å². The van der Waals surface area contributed by atoms with Gasteiger partial charge in [-0.2, -0.15) is 0 Å². The molecule has 0 aliphatic carbocycles. The first-order chi connectivity index (χ1) is 6.07. The first-order valence-corrected chi connectivity index (χ1v) is 5.59. The number of nitrogens with zero attached hydrogens (tertiary/aromatic N) is 2. The molecule has 0 bridgehead atoms. The van der Waals surface area contributed by atoms with E-state index in [2.05, 4.69) is 44.2 Å². The van der Waals surface area contributed by atoms with Gasteiger partial charge in [0.1, 0.15) is 0 Å². The van der Waals surface area contributed by atoms with Crippen molar-refractivity contribution in [2.75, 3.05) is 13.1 Å². The molecule has 0 saturated carbocycles. The van der Waals surface area contributed by atoms with Crippen molar-refractivity contribution in [3.05, 3.63) is 0 Å². The van der Waals surface area contributed by atoms with E-state index in [0.717, 1.165) is 0 Å². The van der Waals surface area contributed by atoms with Crippen LogP contribution >= 0.6 is 0 Å². The predicted molar refractivity (Wildman–Crippen MR) is 59.9 cm³/mol. The highest BCUT2D eigenvalue weighted by atomic mass is 15.3. The van der Waals surface area contributed by atoms with Crippen LogP contribution in [-0.4, -0.2) is 41.8 Å². The van der Waals surface area contributed by atoms with Crippen molar-refractivity contribution in [3.63, 3.8) is 0 Å². The van der Waals surface area contributed by atoms with Gasteiger partial charge in [-0.25, -0.2) is 0 Å². The molecule has 2 nitrogen and oxygen atoms in total. The molecule has 1 saturated heterocycles. The summed E-state index contributed by atoms with van der Waals surface area (Å²) in [6.45, 7) is 14.7. The lowest BCUT2D eigenvalue weighted by Crippen LogP contribution is -2.48. The van der Waals surface area contributed by atoms with Crippen LogP contribution in [0.5, 0.6) is 0 Å². The Bertz CT molecular complexity index is 143. The second kappa shape index (κ2) is 4.47. The van der Waals surface area contributed by atoms with Gasteiger partial charge < -0.3 is 9.62 Å². The first-order valence-electron chi connectivity index (χ1n) is 5.59. The molecule has 1 rings (SSSR count). The third-order valence-electron chi connectivity index (χ3n) is 3.07. The minimum atomic E-state index is 0.681. The van der Waals surface area contributed by atoms with Gasteiger partial charge in [0.2, 0.25) is 0 Å². The third kappa shape index (κ3) is 2.26. The molecule has 0 unspecified atom stereocenters. The van der Waals surface area contributed by atoms with E-state index in [1.54, 1.807) is 0 Å². The normalized spacial score (nSPS) is 21.0. The Morgan fingerprint density at radius 3 is 1.62 bits per heavy atom. The van der Waals surface area contributed by atoms with Crippen LogP contribution in [0.2, 0.25) is 6.32 Å². The fourth-order valence-corrected chi connectivity index (χ4v) is 2.39. The Labute approximate surface area is 83.4 Å². The summed E-state index contributed by atoms with van der Waals surface area (Å²) in [4.78, 5) is 5.22. The van der Waals surface area contributed by atoms with Gasteiger partial charge in [-0.15, -0.1) is 0 Å².